The number of hydrogen-bond donors (Lipinski definition) is 0. The van der Waals surface area contributed by atoms with E-state index in [4.69, 9.17) is 4.42 Å². The Balaban J connectivity index is 2.18. The number of allylic oxidation sites excluding steroid dienone is 8. The zero-order valence-corrected chi connectivity index (χ0v) is 19.0. The maximum atomic E-state index is 5.11. The first-order valence-electron chi connectivity index (χ1n) is 11.1. The minimum absolute atomic E-state index is 1.07. The summed E-state index contributed by atoms with van der Waals surface area (Å²) in [6, 6.07) is 2.05. The maximum absolute atomic E-state index is 5.11. The molecule has 0 saturated carbocycles. The zero-order chi connectivity index (χ0) is 20.6. The van der Waals surface area contributed by atoms with E-state index in [1.807, 2.05) is 6.26 Å². The maximum Gasteiger partial charge on any atom is 0.0934 e. The van der Waals surface area contributed by atoms with Crippen LogP contribution in [0, 0.1) is 0 Å². The highest BCUT2D eigenvalue weighted by molar-refractivity contribution is 5.09. The van der Waals surface area contributed by atoms with Crippen LogP contribution in [-0.4, -0.2) is 0 Å². The van der Waals surface area contributed by atoms with Crippen molar-refractivity contribution in [1.82, 2.24) is 0 Å². The molecule has 0 radical (unpaired) electrons. The van der Waals surface area contributed by atoms with Gasteiger partial charge in [-0.2, -0.15) is 0 Å². The first-order valence-corrected chi connectivity index (χ1v) is 11.1. The van der Waals surface area contributed by atoms with E-state index in [0.29, 0.717) is 0 Å². The van der Waals surface area contributed by atoms with Gasteiger partial charge in [0.25, 0.3) is 0 Å². The van der Waals surface area contributed by atoms with Crippen LogP contribution in [0.15, 0.2) is 69.6 Å². The fraction of sp³-hybridized carbons (Fsp3) is 0.556. The summed E-state index contributed by atoms with van der Waals surface area (Å²) in [6.07, 6.45) is 25.0. The fourth-order valence-corrected chi connectivity index (χ4v) is 3.36. The predicted molar refractivity (Wildman–Crippen MR) is 125 cm³/mol. The monoisotopic (exact) mass is 382 g/mol. The topological polar surface area (TPSA) is 13.1 Å². The van der Waals surface area contributed by atoms with Gasteiger partial charge in [-0.05, 0) is 97.1 Å². The molecule has 0 saturated heterocycles. The molecule has 0 aromatic carbocycles. The fourth-order valence-electron chi connectivity index (χ4n) is 3.36. The minimum atomic E-state index is 1.07. The van der Waals surface area contributed by atoms with Crippen molar-refractivity contribution in [1.29, 1.82) is 0 Å². The second kappa shape index (κ2) is 15.2. The molecule has 0 aliphatic heterocycles. The van der Waals surface area contributed by atoms with E-state index >= 15 is 0 Å². The molecule has 1 heterocycles. The van der Waals surface area contributed by atoms with Crippen molar-refractivity contribution < 1.29 is 4.42 Å². The lowest BCUT2D eigenvalue weighted by molar-refractivity contribution is 0.564. The SMILES string of the molecule is CCC/C(C)=C/CC/C(C)=C/CC/C(C)=C/CC/C(C)=C/CCc1ccoc1. The average molecular weight is 383 g/mol. The van der Waals surface area contributed by atoms with Crippen LogP contribution in [0.25, 0.3) is 0 Å². The summed E-state index contributed by atoms with van der Waals surface area (Å²) in [6.45, 7) is 11.3. The Bertz CT molecular complexity index is 638. The molecule has 156 valence electrons. The van der Waals surface area contributed by atoms with E-state index in [1.54, 1.807) is 11.8 Å². The van der Waals surface area contributed by atoms with E-state index in [0.717, 1.165) is 19.3 Å². The third-order valence-electron chi connectivity index (χ3n) is 5.24. The van der Waals surface area contributed by atoms with Gasteiger partial charge in [0.2, 0.25) is 0 Å². The smallest absolute Gasteiger partial charge is 0.0934 e. The summed E-state index contributed by atoms with van der Waals surface area (Å²) < 4.78 is 5.11. The normalized spacial score (nSPS) is 14.0. The molecule has 0 aliphatic rings. The molecule has 0 fully saturated rings. The van der Waals surface area contributed by atoms with Crippen LogP contribution in [0.4, 0.5) is 0 Å². The summed E-state index contributed by atoms with van der Waals surface area (Å²) >= 11 is 0. The molecule has 1 nitrogen and oxygen atoms in total. The number of rotatable bonds is 14. The van der Waals surface area contributed by atoms with Crippen LogP contribution in [0.3, 0.4) is 0 Å². The molecule has 0 spiro atoms. The highest BCUT2D eigenvalue weighted by Gasteiger charge is 1.95. The van der Waals surface area contributed by atoms with Gasteiger partial charge in [0, 0.05) is 0 Å². The summed E-state index contributed by atoms with van der Waals surface area (Å²) in [7, 11) is 0. The van der Waals surface area contributed by atoms with E-state index < -0.39 is 0 Å². The molecule has 28 heavy (non-hydrogen) atoms. The van der Waals surface area contributed by atoms with Gasteiger partial charge in [-0.3, -0.25) is 0 Å². The summed E-state index contributed by atoms with van der Waals surface area (Å²) in [5.74, 6) is 0. The highest BCUT2D eigenvalue weighted by atomic mass is 16.3. The van der Waals surface area contributed by atoms with Crippen molar-refractivity contribution in [2.24, 2.45) is 0 Å². The van der Waals surface area contributed by atoms with Crippen molar-refractivity contribution >= 4 is 0 Å². The number of hydrogen-bond acceptors (Lipinski definition) is 1. The molecule has 0 unspecified atom stereocenters. The molecule has 0 bridgehead atoms. The van der Waals surface area contributed by atoms with Gasteiger partial charge >= 0.3 is 0 Å². The van der Waals surface area contributed by atoms with Gasteiger partial charge in [0.15, 0.2) is 0 Å². The largest absolute Gasteiger partial charge is 0.472 e. The molecular weight excluding hydrogens is 340 g/mol. The Kier molecular flexibility index (Phi) is 13.2. The van der Waals surface area contributed by atoms with E-state index in [1.165, 1.54) is 67.2 Å². The van der Waals surface area contributed by atoms with Gasteiger partial charge in [0.1, 0.15) is 0 Å². The third kappa shape index (κ3) is 12.6. The van der Waals surface area contributed by atoms with Crippen LogP contribution < -0.4 is 0 Å². The van der Waals surface area contributed by atoms with E-state index in [-0.39, 0.29) is 0 Å². The Morgan fingerprint density at radius 2 is 1.18 bits per heavy atom. The van der Waals surface area contributed by atoms with E-state index in [9.17, 15) is 0 Å². The summed E-state index contributed by atoms with van der Waals surface area (Å²) in [5, 5.41) is 0. The van der Waals surface area contributed by atoms with Crippen molar-refractivity contribution in [3.05, 3.63) is 70.8 Å². The summed E-state index contributed by atoms with van der Waals surface area (Å²) in [4.78, 5) is 0. The summed E-state index contributed by atoms with van der Waals surface area (Å²) in [5.41, 5.74) is 7.38. The number of aryl methyl sites for hydroxylation is 1. The Morgan fingerprint density at radius 3 is 1.61 bits per heavy atom. The van der Waals surface area contributed by atoms with Crippen LogP contribution in [0.1, 0.15) is 98.0 Å². The second-order valence-corrected chi connectivity index (χ2v) is 8.24. The van der Waals surface area contributed by atoms with Gasteiger partial charge in [-0.25, -0.2) is 0 Å². The third-order valence-corrected chi connectivity index (χ3v) is 5.24. The second-order valence-electron chi connectivity index (χ2n) is 8.24. The lowest BCUT2D eigenvalue weighted by atomic mass is 10.0. The molecule has 0 atom stereocenters. The van der Waals surface area contributed by atoms with Gasteiger partial charge < -0.3 is 4.42 Å². The molecule has 0 aliphatic carbocycles. The molecule has 0 N–H and O–H groups in total. The van der Waals surface area contributed by atoms with Crippen molar-refractivity contribution in [2.45, 2.75) is 98.8 Å². The minimum Gasteiger partial charge on any atom is -0.472 e. The van der Waals surface area contributed by atoms with Gasteiger partial charge in [-0.1, -0.05) is 59.9 Å². The molecule has 1 aromatic heterocycles. The first kappa shape index (κ1) is 24.3. The Hall–Kier alpha value is -1.76. The standard InChI is InChI=1S/C27H42O/c1-6-11-23(2)12-7-13-24(3)14-8-15-25(4)16-9-17-26(5)18-10-19-27-20-21-28-22-27/h12,14,16,18,20-22H,6-11,13,15,17,19H2,1-5H3/b23-12+,24-14+,25-16+,26-18+. The lowest BCUT2D eigenvalue weighted by Gasteiger charge is -2.03. The Morgan fingerprint density at radius 1 is 0.714 bits per heavy atom. The van der Waals surface area contributed by atoms with Crippen LogP contribution >= 0.6 is 0 Å². The molecular formula is C27H42O. The molecule has 0 amide bonds. The van der Waals surface area contributed by atoms with E-state index in [2.05, 4.69) is 65.0 Å². The average Bonchev–Trinajstić information content (AvgIpc) is 3.15. The molecule has 1 heteroatoms. The molecule has 1 aromatic rings. The van der Waals surface area contributed by atoms with Crippen LogP contribution in [-0.2, 0) is 6.42 Å². The predicted octanol–water partition coefficient (Wildman–Crippen LogP) is 9.14. The van der Waals surface area contributed by atoms with Crippen molar-refractivity contribution in [2.75, 3.05) is 0 Å². The number of furan rings is 1. The van der Waals surface area contributed by atoms with Crippen LogP contribution in [0.2, 0.25) is 0 Å². The molecule has 1 rings (SSSR count). The Labute approximate surface area is 174 Å². The van der Waals surface area contributed by atoms with Crippen molar-refractivity contribution in [3.8, 4) is 0 Å². The lowest BCUT2D eigenvalue weighted by Crippen LogP contribution is -1.83. The highest BCUT2D eigenvalue weighted by Crippen LogP contribution is 2.15. The van der Waals surface area contributed by atoms with Crippen molar-refractivity contribution in [3.63, 3.8) is 0 Å². The first-order chi connectivity index (χ1) is 13.5. The van der Waals surface area contributed by atoms with Gasteiger partial charge in [0.05, 0.1) is 12.5 Å². The van der Waals surface area contributed by atoms with Gasteiger partial charge in [-0.15, -0.1) is 0 Å². The van der Waals surface area contributed by atoms with Crippen LogP contribution in [0.5, 0.6) is 0 Å². The quantitative estimate of drug-likeness (QED) is 0.292. The zero-order valence-electron chi connectivity index (χ0n) is 19.0.